The van der Waals surface area contributed by atoms with E-state index in [0.717, 1.165) is 47.3 Å². The Morgan fingerprint density at radius 3 is 2.52 bits per heavy atom. The molecule has 2 aromatic carbocycles. The summed E-state index contributed by atoms with van der Waals surface area (Å²) >= 11 is 0. The van der Waals surface area contributed by atoms with Crippen LogP contribution >= 0.6 is 0 Å². The van der Waals surface area contributed by atoms with Gasteiger partial charge in [-0.05, 0) is 56.7 Å². The summed E-state index contributed by atoms with van der Waals surface area (Å²) in [5.41, 5.74) is 3.51. The van der Waals surface area contributed by atoms with Crippen LogP contribution in [0.4, 0.5) is 0 Å². The van der Waals surface area contributed by atoms with Crippen LogP contribution in [0.2, 0.25) is 0 Å². The number of aliphatic imine (C=N–C) groups is 1. The summed E-state index contributed by atoms with van der Waals surface area (Å²) in [5.74, 6) is 3.45. The summed E-state index contributed by atoms with van der Waals surface area (Å²) in [6.45, 7) is 5.81. The summed E-state index contributed by atoms with van der Waals surface area (Å²) in [6, 6.07) is 16.7. The Morgan fingerprint density at radius 1 is 1.03 bits per heavy atom. The Labute approximate surface area is 196 Å². The van der Waals surface area contributed by atoms with Gasteiger partial charge in [0.1, 0.15) is 11.6 Å². The highest BCUT2D eigenvalue weighted by molar-refractivity contribution is 5.79. The third kappa shape index (κ3) is 6.34. The van der Waals surface area contributed by atoms with Gasteiger partial charge in [-0.15, -0.1) is 10.2 Å². The molecule has 4 rings (SSSR count). The van der Waals surface area contributed by atoms with E-state index in [9.17, 15) is 0 Å². The molecule has 0 amide bonds. The molecule has 1 heterocycles. The Bertz CT molecular complexity index is 1070. The Morgan fingerprint density at radius 2 is 1.79 bits per heavy atom. The molecule has 1 aliphatic carbocycles. The van der Waals surface area contributed by atoms with Gasteiger partial charge in [-0.1, -0.05) is 42.5 Å². The SMILES string of the molecule is Cc1ccc(CNC(=NCc2ccccc2)NCc2nnc(C)n2C)c(OC2CCCC2)c1. The lowest BCUT2D eigenvalue weighted by molar-refractivity contribution is 0.207. The van der Waals surface area contributed by atoms with Gasteiger partial charge < -0.3 is 19.9 Å². The van der Waals surface area contributed by atoms with Crippen molar-refractivity contribution in [3.63, 3.8) is 0 Å². The quantitative estimate of drug-likeness (QED) is 0.401. The van der Waals surface area contributed by atoms with Crippen LogP contribution in [0.25, 0.3) is 0 Å². The molecule has 0 saturated heterocycles. The molecule has 7 nitrogen and oxygen atoms in total. The van der Waals surface area contributed by atoms with Crippen molar-refractivity contribution in [2.45, 2.75) is 65.3 Å². The highest BCUT2D eigenvalue weighted by Gasteiger charge is 2.18. The minimum absolute atomic E-state index is 0.328. The lowest BCUT2D eigenvalue weighted by Gasteiger charge is -2.19. The predicted molar refractivity (Wildman–Crippen MR) is 131 cm³/mol. The second kappa shape index (κ2) is 11.0. The second-order valence-corrected chi connectivity index (χ2v) is 8.72. The maximum Gasteiger partial charge on any atom is 0.192 e. The number of benzene rings is 2. The maximum atomic E-state index is 6.37. The Hall–Kier alpha value is -3.35. The third-order valence-corrected chi connectivity index (χ3v) is 6.12. The topological polar surface area (TPSA) is 76.4 Å². The molecule has 3 aromatic rings. The molecule has 1 aromatic heterocycles. The van der Waals surface area contributed by atoms with Crippen molar-refractivity contribution in [2.75, 3.05) is 0 Å². The van der Waals surface area contributed by atoms with Gasteiger partial charge in [0.25, 0.3) is 0 Å². The van der Waals surface area contributed by atoms with Crippen LogP contribution in [0.15, 0.2) is 53.5 Å². The van der Waals surface area contributed by atoms with Crippen LogP contribution in [0, 0.1) is 13.8 Å². The minimum atomic E-state index is 0.328. The van der Waals surface area contributed by atoms with Gasteiger partial charge in [-0.2, -0.15) is 0 Å². The van der Waals surface area contributed by atoms with E-state index in [0.29, 0.717) is 25.7 Å². The standard InChI is InChI=1S/C26H34N6O/c1-19-13-14-22(24(15-19)33-23-11-7-8-12-23)17-28-26(27-16-21-9-5-4-6-10-21)29-18-25-31-30-20(2)32(25)3/h4-6,9-10,13-15,23H,7-8,11-12,16-18H2,1-3H3,(H2,27,28,29). The van der Waals surface area contributed by atoms with Crippen molar-refractivity contribution in [1.82, 2.24) is 25.4 Å². The first kappa shape index (κ1) is 22.8. The van der Waals surface area contributed by atoms with Crippen molar-refractivity contribution in [2.24, 2.45) is 12.0 Å². The van der Waals surface area contributed by atoms with E-state index in [4.69, 9.17) is 9.73 Å². The number of aryl methyl sites for hydroxylation is 2. The van der Waals surface area contributed by atoms with Gasteiger partial charge in [0.05, 0.1) is 19.2 Å². The predicted octanol–water partition coefficient (Wildman–Crippen LogP) is 4.19. The van der Waals surface area contributed by atoms with E-state index in [2.05, 4.69) is 58.1 Å². The van der Waals surface area contributed by atoms with Gasteiger partial charge in [-0.25, -0.2) is 4.99 Å². The summed E-state index contributed by atoms with van der Waals surface area (Å²) in [6.07, 6.45) is 5.12. The van der Waals surface area contributed by atoms with Crippen LogP contribution in [-0.4, -0.2) is 26.8 Å². The summed E-state index contributed by atoms with van der Waals surface area (Å²) in [4.78, 5) is 4.81. The molecule has 1 aliphatic rings. The van der Waals surface area contributed by atoms with Gasteiger partial charge in [0.2, 0.25) is 0 Å². The van der Waals surface area contributed by atoms with Crippen LogP contribution in [0.3, 0.4) is 0 Å². The van der Waals surface area contributed by atoms with Crippen molar-refractivity contribution in [3.05, 3.63) is 76.9 Å². The molecule has 0 unspecified atom stereocenters. The number of hydrogen-bond acceptors (Lipinski definition) is 4. The van der Waals surface area contributed by atoms with E-state index in [-0.39, 0.29) is 0 Å². The van der Waals surface area contributed by atoms with E-state index in [1.165, 1.54) is 18.4 Å². The Kier molecular flexibility index (Phi) is 7.60. The fourth-order valence-corrected chi connectivity index (χ4v) is 3.98. The van der Waals surface area contributed by atoms with Crippen molar-refractivity contribution in [3.8, 4) is 5.75 Å². The molecule has 1 fully saturated rings. The van der Waals surface area contributed by atoms with E-state index < -0.39 is 0 Å². The number of nitrogens with zero attached hydrogens (tertiary/aromatic N) is 4. The number of guanidine groups is 1. The molecule has 0 aliphatic heterocycles. The fourth-order valence-electron chi connectivity index (χ4n) is 3.98. The summed E-state index contributed by atoms with van der Waals surface area (Å²) in [5, 5.41) is 15.3. The largest absolute Gasteiger partial charge is 0.490 e. The van der Waals surface area contributed by atoms with Crippen LogP contribution < -0.4 is 15.4 Å². The van der Waals surface area contributed by atoms with Gasteiger partial charge in [0, 0.05) is 19.2 Å². The number of hydrogen-bond donors (Lipinski definition) is 2. The number of nitrogens with one attached hydrogen (secondary N) is 2. The number of ether oxygens (including phenoxy) is 1. The summed E-state index contributed by atoms with van der Waals surface area (Å²) < 4.78 is 8.36. The second-order valence-electron chi connectivity index (χ2n) is 8.72. The molecule has 0 radical (unpaired) electrons. The first-order valence-corrected chi connectivity index (χ1v) is 11.8. The molecule has 7 heteroatoms. The van der Waals surface area contributed by atoms with E-state index >= 15 is 0 Å². The highest BCUT2D eigenvalue weighted by atomic mass is 16.5. The zero-order valence-electron chi connectivity index (χ0n) is 19.8. The fraction of sp³-hybridized carbons (Fsp3) is 0.423. The average Bonchev–Trinajstić information content (AvgIpc) is 3.45. The lowest BCUT2D eigenvalue weighted by Crippen LogP contribution is -2.37. The first-order valence-electron chi connectivity index (χ1n) is 11.8. The smallest absolute Gasteiger partial charge is 0.192 e. The molecule has 0 bridgehead atoms. The van der Waals surface area contributed by atoms with Gasteiger partial charge in [-0.3, -0.25) is 0 Å². The van der Waals surface area contributed by atoms with Crippen molar-refractivity contribution >= 4 is 5.96 Å². The molecule has 1 saturated carbocycles. The van der Waals surface area contributed by atoms with Crippen LogP contribution in [-0.2, 0) is 26.7 Å². The van der Waals surface area contributed by atoms with E-state index in [1.807, 2.05) is 36.7 Å². The first-order chi connectivity index (χ1) is 16.1. The summed E-state index contributed by atoms with van der Waals surface area (Å²) in [7, 11) is 1.97. The average molecular weight is 447 g/mol. The third-order valence-electron chi connectivity index (χ3n) is 6.12. The zero-order chi connectivity index (χ0) is 23.0. The van der Waals surface area contributed by atoms with Crippen LogP contribution in [0.1, 0.15) is 54.0 Å². The molecule has 2 N–H and O–H groups in total. The zero-order valence-corrected chi connectivity index (χ0v) is 19.8. The maximum absolute atomic E-state index is 6.37. The van der Waals surface area contributed by atoms with Crippen LogP contribution in [0.5, 0.6) is 5.75 Å². The number of aromatic nitrogens is 3. The normalized spacial score (nSPS) is 14.5. The highest BCUT2D eigenvalue weighted by Crippen LogP contribution is 2.27. The van der Waals surface area contributed by atoms with Crippen molar-refractivity contribution in [1.29, 1.82) is 0 Å². The minimum Gasteiger partial charge on any atom is -0.490 e. The molecule has 174 valence electrons. The monoisotopic (exact) mass is 446 g/mol. The number of rotatable bonds is 8. The molecular weight excluding hydrogens is 412 g/mol. The van der Waals surface area contributed by atoms with Gasteiger partial charge in [0.15, 0.2) is 11.8 Å². The molecule has 0 spiro atoms. The van der Waals surface area contributed by atoms with Gasteiger partial charge >= 0.3 is 0 Å². The molecular formula is C26H34N6O. The van der Waals surface area contributed by atoms with Crippen molar-refractivity contribution < 1.29 is 4.74 Å². The molecule has 0 atom stereocenters. The molecule has 33 heavy (non-hydrogen) atoms. The lowest BCUT2D eigenvalue weighted by atomic mass is 10.1. The van der Waals surface area contributed by atoms with E-state index in [1.54, 1.807) is 0 Å². The Balaban J connectivity index is 1.46.